The number of ether oxygens (including phenoxy) is 2. The lowest BCUT2D eigenvalue weighted by Crippen LogP contribution is -2.19. The Bertz CT molecular complexity index is 630. The van der Waals surface area contributed by atoms with Crippen molar-refractivity contribution in [3.8, 4) is 11.5 Å². The van der Waals surface area contributed by atoms with Crippen molar-refractivity contribution >= 4 is 27.5 Å². The summed E-state index contributed by atoms with van der Waals surface area (Å²) >= 11 is 9.73. The zero-order valence-electron chi connectivity index (χ0n) is 11.5. The average Bonchev–Trinajstić information content (AvgIpc) is 2.53. The molecule has 0 bridgehead atoms. The molecule has 0 saturated carbocycles. The lowest BCUT2D eigenvalue weighted by molar-refractivity contribution is 0.217. The van der Waals surface area contributed by atoms with Crippen LogP contribution in [0.15, 0.2) is 42.5 Å². The lowest BCUT2D eigenvalue weighted by atomic mass is 9.94. The van der Waals surface area contributed by atoms with Crippen LogP contribution in [0, 0.1) is 0 Å². The zero-order chi connectivity index (χ0) is 14.7. The van der Waals surface area contributed by atoms with Gasteiger partial charge in [-0.05, 0) is 18.6 Å². The van der Waals surface area contributed by atoms with Crippen LogP contribution < -0.4 is 9.47 Å². The van der Waals surface area contributed by atoms with Gasteiger partial charge in [0.25, 0.3) is 0 Å². The molecule has 2 nitrogen and oxygen atoms in total. The summed E-state index contributed by atoms with van der Waals surface area (Å²) in [5.74, 6) is 2.09. The molecule has 0 amide bonds. The van der Waals surface area contributed by atoms with Gasteiger partial charge in [0.2, 0.25) is 0 Å². The maximum Gasteiger partial charge on any atom is 0.141 e. The highest BCUT2D eigenvalue weighted by atomic mass is 79.9. The Kier molecular flexibility index (Phi) is 4.71. The monoisotopic (exact) mass is 366 g/mol. The molecule has 0 radical (unpaired) electrons. The molecule has 1 atom stereocenters. The topological polar surface area (TPSA) is 18.5 Å². The summed E-state index contributed by atoms with van der Waals surface area (Å²) in [6.45, 7) is 1.35. The number of para-hydroxylation sites is 2. The van der Waals surface area contributed by atoms with Crippen LogP contribution >= 0.6 is 27.5 Å². The third kappa shape index (κ3) is 3.19. The van der Waals surface area contributed by atoms with Crippen LogP contribution in [0.25, 0.3) is 0 Å². The number of benzene rings is 2. The maximum atomic E-state index is 6.26. The molecule has 0 aromatic heterocycles. The van der Waals surface area contributed by atoms with E-state index in [2.05, 4.69) is 22.0 Å². The largest absolute Gasteiger partial charge is 0.493 e. The predicted molar refractivity (Wildman–Crippen MR) is 88.9 cm³/mol. The highest BCUT2D eigenvalue weighted by Crippen LogP contribution is 2.36. The molecule has 0 aliphatic carbocycles. The predicted octanol–water partition coefficient (Wildman–Crippen LogP) is 5.18. The first-order valence-electron chi connectivity index (χ1n) is 6.97. The third-order valence-corrected chi connectivity index (χ3v) is 4.61. The molecule has 0 fully saturated rings. The van der Waals surface area contributed by atoms with E-state index in [-0.39, 0.29) is 0 Å². The minimum Gasteiger partial charge on any atom is -0.493 e. The van der Waals surface area contributed by atoms with E-state index < -0.39 is 0 Å². The number of halogens is 2. The van der Waals surface area contributed by atoms with Gasteiger partial charge in [-0.2, -0.15) is 0 Å². The van der Waals surface area contributed by atoms with Crippen molar-refractivity contribution in [3.63, 3.8) is 0 Å². The summed E-state index contributed by atoms with van der Waals surface area (Å²) in [6.07, 6.45) is 0.963. The van der Waals surface area contributed by atoms with Crippen LogP contribution in [0.4, 0.5) is 0 Å². The molecule has 1 aliphatic rings. The second kappa shape index (κ2) is 6.71. The Labute approximate surface area is 138 Å². The van der Waals surface area contributed by atoms with Crippen molar-refractivity contribution in [2.75, 3.05) is 13.2 Å². The zero-order valence-corrected chi connectivity index (χ0v) is 13.9. The van der Waals surface area contributed by atoms with Gasteiger partial charge in [-0.3, -0.25) is 0 Å². The third-order valence-electron chi connectivity index (χ3n) is 3.70. The van der Waals surface area contributed by atoms with Gasteiger partial charge in [0, 0.05) is 22.4 Å². The van der Waals surface area contributed by atoms with E-state index in [1.807, 2.05) is 36.4 Å². The molecule has 1 unspecified atom stereocenters. The van der Waals surface area contributed by atoms with Crippen LogP contribution in [0.2, 0.25) is 5.02 Å². The SMILES string of the molecule is Clc1cccc(CBr)c1OCC1CCOc2ccccc21. The number of hydrogen-bond donors (Lipinski definition) is 0. The van der Waals surface area contributed by atoms with E-state index in [4.69, 9.17) is 21.1 Å². The van der Waals surface area contributed by atoms with Gasteiger partial charge in [0.1, 0.15) is 11.5 Å². The Morgan fingerprint density at radius 2 is 2.05 bits per heavy atom. The quantitative estimate of drug-likeness (QED) is 0.693. The number of rotatable bonds is 4. The molecular weight excluding hydrogens is 352 g/mol. The van der Waals surface area contributed by atoms with E-state index in [1.165, 1.54) is 5.56 Å². The van der Waals surface area contributed by atoms with Crippen LogP contribution in [-0.2, 0) is 5.33 Å². The Balaban J connectivity index is 1.78. The van der Waals surface area contributed by atoms with Gasteiger partial charge in [0.15, 0.2) is 0 Å². The molecule has 0 N–H and O–H groups in total. The second-order valence-electron chi connectivity index (χ2n) is 5.04. The summed E-state index contributed by atoms with van der Waals surface area (Å²) in [5.41, 5.74) is 2.29. The molecule has 21 heavy (non-hydrogen) atoms. The first-order valence-corrected chi connectivity index (χ1v) is 8.47. The fourth-order valence-electron chi connectivity index (χ4n) is 2.59. The normalized spacial score (nSPS) is 17.0. The summed E-state index contributed by atoms with van der Waals surface area (Å²) in [7, 11) is 0. The maximum absolute atomic E-state index is 6.26. The van der Waals surface area contributed by atoms with E-state index in [1.54, 1.807) is 0 Å². The lowest BCUT2D eigenvalue weighted by Gasteiger charge is -2.26. The van der Waals surface area contributed by atoms with Gasteiger partial charge >= 0.3 is 0 Å². The molecule has 3 rings (SSSR count). The standard InChI is InChI=1S/C17H16BrClO2/c18-10-12-4-3-6-15(19)17(12)21-11-13-8-9-20-16-7-2-1-5-14(13)16/h1-7,13H,8-11H2. The molecule has 1 heterocycles. The summed E-state index contributed by atoms with van der Waals surface area (Å²) < 4.78 is 11.7. The van der Waals surface area contributed by atoms with Crippen molar-refractivity contribution in [2.45, 2.75) is 17.7 Å². The average molecular weight is 368 g/mol. The minimum atomic E-state index is 0.342. The fourth-order valence-corrected chi connectivity index (χ4v) is 3.28. The molecule has 2 aromatic rings. The number of hydrogen-bond acceptors (Lipinski definition) is 2. The first-order chi connectivity index (χ1) is 10.3. The van der Waals surface area contributed by atoms with Crippen LogP contribution in [0.5, 0.6) is 11.5 Å². The van der Waals surface area contributed by atoms with Crippen molar-refractivity contribution in [3.05, 3.63) is 58.6 Å². The number of fused-ring (bicyclic) bond motifs is 1. The molecule has 0 spiro atoms. The number of alkyl halides is 1. The molecule has 1 aliphatic heterocycles. The van der Waals surface area contributed by atoms with E-state index >= 15 is 0 Å². The fraction of sp³-hybridized carbons (Fsp3) is 0.294. The van der Waals surface area contributed by atoms with E-state index in [9.17, 15) is 0 Å². The summed E-state index contributed by atoms with van der Waals surface area (Å²) in [5, 5.41) is 1.39. The van der Waals surface area contributed by atoms with Gasteiger partial charge in [0.05, 0.1) is 18.2 Å². The van der Waals surface area contributed by atoms with E-state index in [0.717, 1.165) is 35.4 Å². The summed E-state index contributed by atoms with van der Waals surface area (Å²) in [4.78, 5) is 0. The van der Waals surface area contributed by atoms with Crippen molar-refractivity contribution in [2.24, 2.45) is 0 Å². The Morgan fingerprint density at radius 1 is 1.19 bits per heavy atom. The highest BCUT2D eigenvalue weighted by Gasteiger charge is 2.22. The van der Waals surface area contributed by atoms with Crippen LogP contribution in [0.1, 0.15) is 23.5 Å². The highest BCUT2D eigenvalue weighted by molar-refractivity contribution is 9.08. The van der Waals surface area contributed by atoms with Crippen molar-refractivity contribution in [1.29, 1.82) is 0 Å². The van der Waals surface area contributed by atoms with Gasteiger partial charge in [-0.15, -0.1) is 0 Å². The molecule has 2 aromatic carbocycles. The van der Waals surface area contributed by atoms with Crippen LogP contribution in [-0.4, -0.2) is 13.2 Å². The Morgan fingerprint density at radius 3 is 2.90 bits per heavy atom. The van der Waals surface area contributed by atoms with Crippen molar-refractivity contribution < 1.29 is 9.47 Å². The van der Waals surface area contributed by atoms with Gasteiger partial charge in [-0.1, -0.05) is 57.9 Å². The first kappa shape index (κ1) is 14.7. The minimum absolute atomic E-state index is 0.342. The Hall–Kier alpha value is -1.19. The smallest absolute Gasteiger partial charge is 0.141 e. The molecule has 4 heteroatoms. The second-order valence-corrected chi connectivity index (χ2v) is 6.01. The van der Waals surface area contributed by atoms with Gasteiger partial charge < -0.3 is 9.47 Å². The van der Waals surface area contributed by atoms with Gasteiger partial charge in [-0.25, -0.2) is 0 Å². The molecular formula is C17H16BrClO2. The summed E-state index contributed by atoms with van der Waals surface area (Å²) in [6, 6.07) is 14.0. The molecule has 0 saturated heterocycles. The van der Waals surface area contributed by atoms with Crippen molar-refractivity contribution in [1.82, 2.24) is 0 Å². The molecule has 110 valence electrons. The van der Waals surface area contributed by atoms with E-state index in [0.29, 0.717) is 17.5 Å². The van der Waals surface area contributed by atoms with Crippen LogP contribution in [0.3, 0.4) is 0 Å².